The van der Waals surface area contributed by atoms with Crippen molar-refractivity contribution in [3.63, 3.8) is 0 Å². The zero-order chi connectivity index (χ0) is 13.4. The van der Waals surface area contributed by atoms with Crippen LogP contribution in [0.1, 0.15) is 36.0 Å². The van der Waals surface area contributed by atoms with E-state index in [1.807, 2.05) is 0 Å². The van der Waals surface area contributed by atoms with E-state index in [9.17, 15) is 9.90 Å². The molecule has 0 amide bonds. The van der Waals surface area contributed by atoms with Gasteiger partial charge in [0.2, 0.25) is 0 Å². The number of hydrogen-bond donors (Lipinski definition) is 1. The Bertz CT molecular complexity index is 502. The van der Waals surface area contributed by atoms with E-state index in [2.05, 4.69) is 9.88 Å². The van der Waals surface area contributed by atoms with Gasteiger partial charge >= 0.3 is 0 Å². The summed E-state index contributed by atoms with van der Waals surface area (Å²) in [5.41, 5.74) is 1.48. The molecule has 1 aliphatic carbocycles. The summed E-state index contributed by atoms with van der Waals surface area (Å²) in [5.74, 6) is 0.329. The number of pyridine rings is 1. The van der Waals surface area contributed by atoms with Crippen molar-refractivity contribution in [1.82, 2.24) is 4.98 Å². The van der Waals surface area contributed by atoms with E-state index in [0.717, 1.165) is 37.9 Å². The Balaban J connectivity index is 1.93. The van der Waals surface area contributed by atoms with E-state index in [0.29, 0.717) is 17.3 Å². The normalized spacial score (nSPS) is 23.5. The molecular formula is C14H17ClN2O2. The molecule has 3 rings (SSSR count). The third kappa shape index (κ3) is 2.74. The average Bonchev–Trinajstić information content (AvgIpc) is 3.22. The Morgan fingerprint density at radius 1 is 1.42 bits per heavy atom. The maximum Gasteiger partial charge on any atom is 0.169 e. The van der Waals surface area contributed by atoms with Gasteiger partial charge in [-0.15, -0.1) is 0 Å². The summed E-state index contributed by atoms with van der Waals surface area (Å²) in [6.45, 7) is 1.41. The molecule has 19 heavy (non-hydrogen) atoms. The van der Waals surface area contributed by atoms with Crippen LogP contribution in [0.15, 0.2) is 12.3 Å². The minimum atomic E-state index is -0.329. The molecule has 1 aromatic rings. The number of piperidine rings is 1. The van der Waals surface area contributed by atoms with Gasteiger partial charge in [0, 0.05) is 25.2 Å². The number of aliphatic hydroxyl groups excluding tert-OH is 1. The minimum Gasteiger partial charge on any atom is -0.391 e. The number of ketones is 1. The highest BCUT2D eigenvalue weighted by Crippen LogP contribution is 2.36. The van der Waals surface area contributed by atoms with Gasteiger partial charge < -0.3 is 10.0 Å². The lowest BCUT2D eigenvalue weighted by atomic mass is 10.0. The molecule has 1 aliphatic heterocycles. The second kappa shape index (κ2) is 5.10. The molecule has 0 spiro atoms. The number of halogens is 1. The first-order valence-electron chi connectivity index (χ1n) is 6.78. The van der Waals surface area contributed by atoms with Crippen molar-refractivity contribution in [2.75, 3.05) is 18.0 Å². The molecule has 1 aromatic heterocycles. The summed E-state index contributed by atoms with van der Waals surface area (Å²) < 4.78 is 0. The van der Waals surface area contributed by atoms with Crippen molar-refractivity contribution in [1.29, 1.82) is 0 Å². The Morgan fingerprint density at radius 2 is 2.21 bits per heavy atom. The predicted molar refractivity (Wildman–Crippen MR) is 73.8 cm³/mol. The van der Waals surface area contributed by atoms with E-state index in [4.69, 9.17) is 11.6 Å². The number of carbonyl (C=O) groups excluding carboxylic acids is 1. The summed E-state index contributed by atoms with van der Waals surface area (Å²) in [6, 6.07) is 1.75. The molecule has 0 bridgehead atoms. The van der Waals surface area contributed by atoms with Crippen LogP contribution >= 0.6 is 11.6 Å². The predicted octanol–water partition coefficient (Wildman–Crippen LogP) is 2.29. The summed E-state index contributed by atoms with van der Waals surface area (Å²) in [5, 5.41) is 10.2. The minimum absolute atomic E-state index is 0.163. The molecule has 1 saturated carbocycles. The fourth-order valence-corrected chi connectivity index (χ4v) is 2.76. The van der Waals surface area contributed by atoms with E-state index >= 15 is 0 Å². The van der Waals surface area contributed by atoms with Crippen LogP contribution in [0.25, 0.3) is 0 Å². The Hall–Kier alpha value is -1.13. The monoisotopic (exact) mass is 280 g/mol. The van der Waals surface area contributed by atoms with Crippen molar-refractivity contribution in [2.24, 2.45) is 5.92 Å². The maximum absolute atomic E-state index is 12.3. The van der Waals surface area contributed by atoms with Gasteiger partial charge in [0.15, 0.2) is 5.78 Å². The molecule has 4 nitrogen and oxygen atoms in total. The van der Waals surface area contributed by atoms with Gasteiger partial charge in [-0.05, 0) is 31.7 Å². The lowest BCUT2D eigenvalue weighted by Crippen LogP contribution is -2.39. The standard InChI is InChI=1S/C14H17ClN2O2/c15-13-6-12(17-5-1-2-10(18)8-17)11(7-16-13)14(19)9-3-4-9/h6-7,9-10,18H,1-5,8H2/t10-/m0/s1. The average molecular weight is 281 g/mol. The first-order chi connectivity index (χ1) is 9.15. The quantitative estimate of drug-likeness (QED) is 0.682. The number of aliphatic hydroxyl groups is 1. The molecule has 0 radical (unpaired) electrons. The number of rotatable bonds is 3. The molecule has 2 heterocycles. The number of hydrogen-bond acceptors (Lipinski definition) is 4. The topological polar surface area (TPSA) is 53.4 Å². The highest BCUT2D eigenvalue weighted by Gasteiger charge is 2.33. The molecule has 1 saturated heterocycles. The van der Waals surface area contributed by atoms with Crippen molar-refractivity contribution >= 4 is 23.1 Å². The zero-order valence-electron chi connectivity index (χ0n) is 10.7. The summed E-state index contributed by atoms with van der Waals surface area (Å²) in [6.07, 6.45) is 4.95. The van der Waals surface area contributed by atoms with E-state index < -0.39 is 0 Å². The Morgan fingerprint density at radius 3 is 2.89 bits per heavy atom. The number of aromatic nitrogens is 1. The van der Waals surface area contributed by atoms with Crippen LogP contribution in [0.5, 0.6) is 0 Å². The lowest BCUT2D eigenvalue weighted by molar-refractivity contribution is 0.0967. The van der Waals surface area contributed by atoms with Crippen LogP contribution in [0.2, 0.25) is 5.15 Å². The van der Waals surface area contributed by atoms with E-state index in [1.54, 1.807) is 12.3 Å². The van der Waals surface area contributed by atoms with E-state index in [1.165, 1.54) is 0 Å². The Kier molecular flexibility index (Phi) is 3.46. The van der Waals surface area contributed by atoms with Gasteiger partial charge in [0.1, 0.15) is 5.15 Å². The SMILES string of the molecule is O=C(c1cnc(Cl)cc1N1CCC[C@H](O)C1)C1CC1. The molecule has 2 fully saturated rings. The fourth-order valence-electron chi connectivity index (χ4n) is 2.61. The summed E-state index contributed by atoms with van der Waals surface area (Å²) in [4.78, 5) is 18.4. The maximum atomic E-state index is 12.3. The molecule has 0 unspecified atom stereocenters. The Labute approximate surface area is 117 Å². The fraction of sp³-hybridized carbons (Fsp3) is 0.571. The number of β-amino-alcohol motifs (C(OH)–C–C–N with tert-alkyl or cyclic N) is 1. The zero-order valence-corrected chi connectivity index (χ0v) is 11.4. The third-order valence-corrected chi connectivity index (χ3v) is 4.01. The van der Waals surface area contributed by atoms with Crippen LogP contribution in [0, 0.1) is 5.92 Å². The summed E-state index contributed by atoms with van der Waals surface area (Å²) >= 11 is 5.96. The largest absolute Gasteiger partial charge is 0.391 e. The second-order valence-corrected chi connectivity index (χ2v) is 5.79. The van der Waals surface area contributed by atoms with Crippen molar-refractivity contribution < 1.29 is 9.90 Å². The van der Waals surface area contributed by atoms with Crippen LogP contribution in [0.3, 0.4) is 0 Å². The van der Waals surface area contributed by atoms with Gasteiger partial charge in [-0.3, -0.25) is 4.79 Å². The number of carbonyl (C=O) groups is 1. The first-order valence-corrected chi connectivity index (χ1v) is 7.15. The van der Waals surface area contributed by atoms with Gasteiger partial charge in [-0.25, -0.2) is 4.98 Å². The van der Waals surface area contributed by atoms with Crippen LogP contribution in [-0.2, 0) is 0 Å². The van der Waals surface area contributed by atoms with Crippen LogP contribution in [0.4, 0.5) is 5.69 Å². The van der Waals surface area contributed by atoms with Gasteiger partial charge in [-0.2, -0.15) is 0 Å². The molecule has 1 atom stereocenters. The van der Waals surface area contributed by atoms with Crippen molar-refractivity contribution in [3.8, 4) is 0 Å². The van der Waals surface area contributed by atoms with Crippen LogP contribution < -0.4 is 4.90 Å². The van der Waals surface area contributed by atoms with Crippen molar-refractivity contribution in [2.45, 2.75) is 31.8 Å². The number of nitrogens with zero attached hydrogens (tertiary/aromatic N) is 2. The third-order valence-electron chi connectivity index (χ3n) is 3.80. The van der Waals surface area contributed by atoms with Gasteiger partial charge in [0.25, 0.3) is 0 Å². The molecular weight excluding hydrogens is 264 g/mol. The molecule has 5 heteroatoms. The molecule has 0 aromatic carbocycles. The lowest BCUT2D eigenvalue weighted by Gasteiger charge is -2.33. The highest BCUT2D eigenvalue weighted by molar-refractivity contribution is 6.29. The second-order valence-electron chi connectivity index (χ2n) is 5.40. The van der Waals surface area contributed by atoms with Crippen molar-refractivity contribution in [3.05, 3.63) is 23.0 Å². The summed E-state index contributed by atoms with van der Waals surface area (Å²) in [7, 11) is 0. The van der Waals surface area contributed by atoms with E-state index in [-0.39, 0.29) is 17.8 Å². The highest BCUT2D eigenvalue weighted by atomic mass is 35.5. The molecule has 2 aliphatic rings. The first kappa shape index (κ1) is 12.9. The van der Waals surface area contributed by atoms with Crippen LogP contribution in [-0.4, -0.2) is 35.1 Å². The molecule has 102 valence electrons. The smallest absolute Gasteiger partial charge is 0.169 e. The van der Waals surface area contributed by atoms with Gasteiger partial charge in [0.05, 0.1) is 17.4 Å². The number of Topliss-reactive ketones (excluding diaryl/α,β-unsaturated/α-hetero) is 1. The number of anilines is 1. The molecule has 1 N–H and O–H groups in total. The van der Waals surface area contributed by atoms with Gasteiger partial charge in [-0.1, -0.05) is 11.6 Å².